The number of hydrogen-bond donors (Lipinski definition) is 2. The number of nitro groups is 1. The van der Waals surface area contributed by atoms with E-state index in [0.29, 0.717) is 18.5 Å². The first-order chi connectivity index (χ1) is 9.04. The molecule has 19 heavy (non-hydrogen) atoms. The Hall–Kier alpha value is -1.82. The number of hydrogen-bond acceptors (Lipinski definition) is 5. The number of anilines is 2. The summed E-state index contributed by atoms with van der Waals surface area (Å²) < 4.78 is 0. The minimum atomic E-state index is -0.461. The van der Waals surface area contributed by atoms with Gasteiger partial charge in [-0.15, -0.1) is 0 Å². The number of nitrogens with two attached hydrogens (primary N) is 2. The van der Waals surface area contributed by atoms with Crippen LogP contribution in [0.15, 0.2) is 18.2 Å². The maximum atomic E-state index is 10.8. The molecule has 2 unspecified atom stereocenters. The number of benzene rings is 1. The average molecular weight is 264 g/mol. The highest BCUT2D eigenvalue weighted by Crippen LogP contribution is 2.33. The second-order valence-corrected chi connectivity index (χ2v) is 5.11. The highest BCUT2D eigenvalue weighted by molar-refractivity contribution is 5.66. The van der Waals surface area contributed by atoms with E-state index in [4.69, 9.17) is 11.5 Å². The lowest BCUT2D eigenvalue weighted by Gasteiger charge is -2.31. The second kappa shape index (κ2) is 5.44. The fourth-order valence-corrected chi connectivity index (χ4v) is 2.92. The highest BCUT2D eigenvalue weighted by Gasteiger charge is 2.29. The molecule has 1 fully saturated rings. The molecule has 2 rings (SSSR count). The van der Waals surface area contributed by atoms with Crippen molar-refractivity contribution in [2.24, 2.45) is 11.7 Å². The Morgan fingerprint density at radius 1 is 1.47 bits per heavy atom. The van der Waals surface area contributed by atoms with Crippen LogP contribution in [0.5, 0.6) is 0 Å². The molecule has 0 aliphatic heterocycles. The largest absolute Gasteiger partial charge is 0.393 e. The second-order valence-electron chi connectivity index (χ2n) is 5.11. The Balaban J connectivity index is 2.22. The summed E-state index contributed by atoms with van der Waals surface area (Å²) in [5.41, 5.74) is 12.6. The van der Waals surface area contributed by atoms with Gasteiger partial charge in [-0.05, 0) is 37.4 Å². The van der Waals surface area contributed by atoms with Crippen molar-refractivity contribution in [3.05, 3.63) is 28.3 Å². The molecule has 104 valence electrons. The summed E-state index contributed by atoms with van der Waals surface area (Å²) in [6.45, 7) is 0.678. The standard InChI is InChI=1S/C13H20N4O2/c1-16(12-4-2-3-9(12)8-14)10-5-6-13(17(18)19)11(15)7-10/h5-7,9,12H,2-4,8,14-15H2,1H3. The predicted molar refractivity (Wildman–Crippen MR) is 76.1 cm³/mol. The van der Waals surface area contributed by atoms with Gasteiger partial charge < -0.3 is 16.4 Å². The predicted octanol–water partition coefficient (Wildman–Crippen LogP) is 1.74. The summed E-state index contributed by atoms with van der Waals surface area (Å²) in [5.74, 6) is 0.487. The molecule has 0 heterocycles. The highest BCUT2D eigenvalue weighted by atomic mass is 16.6. The van der Waals surface area contributed by atoms with Crippen molar-refractivity contribution in [3.63, 3.8) is 0 Å². The molecule has 1 aromatic carbocycles. The van der Waals surface area contributed by atoms with E-state index in [1.165, 1.54) is 12.5 Å². The average Bonchev–Trinajstić information content (AvgIpc) is 2.85. The zero-order chi connectivity index (χ0) is 14.0. The van der Waals surface area contributed by atoms with Crippen LogP contribution >= 0.6 is 0 Å². The van der Waals surface area contributed by atoms with Gasteiger partial charge in [0.2, 0.25) is 0 Å². The summed E-state index contributed by atoms with van der Waals surface area (Å²) in [5, 5.41) is 10.8. The first-order valence-corrected chi connectivity index (χ1v) is 6.51. The summed E-state index contributed by atoms with van der Waals surface area (Å²) in [6, 6.07) is 5.28. The van der Waals surface area contributed by atoms with Crippen LogP contribution in [0.2, 0.25) is 0 Å². The minimum absolute atomic E-state index is 0.0426. The van der Waals surface area contributed by atoms with Crippen molar-refractivity contribution >= 4 is 17.1 Å². The molecule has 1 saturated carbocycles. The Morgan fingerprint density at radius 3 is 2.79 bits per heavy atom. The van der Waals surface area contributed by atoms with Crippen LogP contribution in [-0.2, 0) is 0 Å². The van der Waals surface area contributed by atoms with Gasteiger partial charge in [0.1, 0.15) is 5.69 Å². The lowest BCUT2D eigenvalue weighted by atomic mass is 10.0. The van der Waals surface area contributed by atoms with Gasteiger partial charge in [0.05, 0.1) is 4.92 Å². The Kier molecular flexibility index (Phi) is 3.90. The lowest BCUT2D eigenvalue weighted by molar-refractivity contribution is -0.383. The normalized spacial score (nSPS) is 22.4. The third kappa shape index (κ3) is 2.63. The van der Waals surface area contributed by atoms with Crippen molar-refractivity contribution in [1.82, 2.24) is 0 Å². The maximum Gasteiger partial charge on any atom is 0.292 e. The van der Waals surface area contributed by atoms with Crippen molar-refractivity contribution in [3.8, 4) is 0 Å². The Labute approximate surface area is 112 Å². The molecule has 6 heteroatoms. The van der Waals surface area contributed by atoms with Gasteiger partial charge in [0.15, 0.2) is 0 Å². The molecule has 0 aromatic heterocycles. The quantitative estimate of drug-likeness (QED) is 0.490. The first kappa shape index (κ1) is 13.6. The zero-order valence-corrected chi connectivity index (χ0v) is 11.1. The van der Waals surface area contributed by atoms with Crippen LogP contribution in [0, 0.1) is 16.0 Å². The molecule has 0 amide bonds. The molecule has 0 radical (unpaired) electrons. The van der Waals surface area contributed by atoms with Crippen LogP contribution in [0.3, 0.4) is 0 Å². The van der Waals surface area contributed by atoms with Crippen LogP contribution in [0.25, 0.3) is 0 Å². The van der Waals surface area contributed by atoms with Crippen LogP contribution in [0.4, 0.5) is 17.1 Å². The van der Waals surface area contributed by atoms with E-state index in [-0.39, 0.29) is 11.4 Å². The number of nitrogens with zero attached hydrogens (tertiary/aromatic N) is 2. The van der Waals surface area contributed by atoms with Gasteiger partial charge in [0, 0.05) is 24.8 Å². The van der Waals surface area contributed by atoms with Crippen molar-refractivity contribution in [1.29, 1.82) is 0 Å². The smallest absolute Gasteiger partial charge is 0.292 e. The lowest BCUT2D eigenvalue weighted by Crippen LogP contribution is -2.37. The maximum absolute atomic E-state index is 10.8. The molecule has 0 bridgehead atoms. The van der Waals surface area contributed by atoms with Crippen LogP contribution in [-0.4, -0.2) is 24.6 Å². The first-order valence-electron chi connectivity index (χ1n) is 6.51. The molecule has 0 spiro atoms. The molecule has 1 aromatic rings. The SMILES string of the molecule is CN(c1ccc([N+](=O)[O-])c(N)c1)C1CCCC1CN. The van der Waals surface area contributed by atoms with E-state index in [2.05, 4.69) is 4.90 Å². The van der Waals surface area contributed by atoms with Crippen LogP contribution in [0.1, 0.15) is 19.3 Å². The van der Waals surface area contributed by atoms with Gasteiger partial charge in [-0.25, -0.2) is 0 Å². The molecular weight excluding hydrogens is 244 g/mol. The van der Waals surface area contributed by atoms with Crippen molar-refractivity contribution in [2.75, 3.05) is 24.2 Å². The Bertz CT molecular complexity index is 478. The molecule has 6 nitrogen and oxygen atoms in total. The minimum Gasteiger partial charge on any atom is -0.393 e. The molecule has 4 N–H and O–H groups in total. The monoisotopic (exact) mass is 264 g/mol. The topological polar surface area (TPSA) is 98.4 Å². The number of nitrogen functional groups attached to an aromatic ring is 1. The van der Waals surface area contributed by atoms with E-state index >= 15 is 0 Å². The van der Waals surface area contributed by atoms with E-state index in [1.807, 2.05) is 7.05 Å². The third-order valence-electron chi connectivity index (χ3n) is 4.03. The summed E-state index contributed by atoms with van der Waals surface area (Å²) in [7, 11) is 2.00. The number of nitro benzene ring substituents is 1. The Morgan fingerprint density at radius 2 is 2.21 bits per heavy atom. The fourth-order valence-electron chi connectivity index (χ4n) is 2.92. The van der Waals surface area contributed by atoms with Crippen molar-refractivity contribution < 1.29 is 4.92 Å². The van der Waals surface area contributed by atoms with Gasteiger partial charge in [0.25, 0.3) is 5.69 Å². The van der Waals surface area contributed by atoms with Crippen molar-refractivity contribution in [2.45, 2.75) is 25.3 Å². The molecular formula is C13H20N4O2. The number of rotatable bonds is 4. The summed E-state index contributed by atoms with van der Waals surface area (Å²) in [6.07, 6.45) is 3.43. The van der Waals surface area contributed by atoms with Gasteiger partial charge in [-0.2, -0.15) is 0 Å². The molecule has 2 atom stereocenters. The molecule has 1 aliphatic rings. The van der Waals surface area contributed by atoms with E-state index in [9.17, 15) is 10.1 Å². The molecule has 1 aliphatic carbocycles. The van der Waals surface area contributed by atoms with E-state index in [1.54, 1.807) is 12.1 Å². The van der Waals surface area contributed by atoms with E-state index < -0.39 is 4.92 Å². The van der Waals surface area contributed by atoms with Gasteiger partial charge in [-0.3, -0.25) is 10.1 Å². The van der Waals surface area contributed by atoms with Gasteiger partial charge in [-0.1, -0.05) is 6.42 Å². The summed E-state index contributed by atoms with van der Waals surface area (Å²) >= 11 is 0. The van der Waals surface area contributed by atoms with Gasteiger partial charge >= 0.3 is 0 Å². The zero-order valence-electron chi connectivity index (χ0n) is 11.1. The van der Waals surface area contributed by atoms with Crippen LogP contribution < -0.4 is 16.4 Å². The molecule has 0 saturated heterocycles. The summed E-state index contributed by atoms with van der Waals surface area (Å²) in [4.78, 5) is 12.4. The third-order valence-corrected chi connectivity index (χ3v) is 4.03. The fraction of sp³-hybridized carbons (Fsp3) is 0.538. The van der Waals surface area contributed by atoms with E-state index in [0.717, 1.165) is 18.5 Å².